The quantitative estimate of drug-likeness (QED) is 0.754. The van der Waals surface area contributed by atoms with E-state index in [-0.39, 0.29) is 17.6 Å². The molecule has 3 aromatic rings. The molecule has 0 atom stereocenters. The van der Waals surface area contributed by atoms with Gasteiger partial charge in [0.15, 0.2) is 5.76 Å². The van der Waals surface area contributed by atoms with E-state index in [0.29, 0.717) is 25.2 Å². The molecule has 1 aliphatic rings. The van der Waals surface area contributed by atoms with Crippen LogP contribution in [-0.4, -0.2) is 33.2 Å². The number of rotatable bonds is 4. The first kappa shape index (κ1) is 16.1. The van der Waals surface area contributed by atoms with Crippen LogP contribution in [0.5, 0.6) is 0 Å². The minimum Gasteiger partial charge on any atom is -0.459 e. The Morgan fingerprint density at radius 1 is 1.31 bits per heavy atom. The van der Waals surface area contributed by atoms with Crippen LogP contribution in [0, 0.1) is 0 Å². The fraction of sp³-hybridized carbons (Fsp3) is 0.211. The molecule has 26 heavy (non-hydrogen) atoms. The summed E-state index contributed by atoms with van der Waals surface area (Å²) in [5.41, 5.74) is 3.79. The number of nitrogens with zero attached hydrogens (tertiary/aromatic N) is 2. The lowest BCUT2D eigenvalue weighted by Crippen LogP contribution is -2.36. The summed E-state index contributed by atoms with van der Waals surface area (Å²) in [6.07, 6.45) is 9.22. The number of amides is 2. The van der Waals surface area contributed by atoms with E-state index in [4.69, 9.17) is 4.42 Å². The first-order valence-corrected chi connectivity index (χ1v) is 8.41. The summed E-state index contributed by atoms with van der Waals surface area (Å²) in [5.74, 6) is 0.0344. The molecule has 1 aliphatic heterocycles. The van der Waals surface area contributed by atoms with Gasteiger partial charge in [-0.15, -0.1) is 0 Å². The summed E-state index contributed by atoms with van der Waals surface area (Å²) in [6.45, 7) is 1.54. The summed E-state index contributed by atoms with van der Waals surface area (Å²) < 4.78 is 5.10. The van der Waals surface area contributed by atoms with Crippen molar-refractivity contribution in [1.82, 2.24) is 20.2 Å². The Morgan fingerprint density at radius 2 is 2.23 bits per heavy atom. The Hall–Kier alpha value is -3.35. The van der Waals surface area contributed by atoms with Crippen LogP contribution in [0.4, 0.5) is 0 Å². The zero-order valence-corrected chi connectivity index (χ0v) is 14.1. The first-order chi connectivity index (χ1) is 12.7. The maximum atomic E-state index is 12.5. The van der Waals surface area contributed by atoms with E-state index in [0.717, 1.165) is 23.1 Å². The predicted molar refractivity (Wildman–Crippen MR) is 93.4 cm³/mol. The summed E-state index contributed by atoms with van der Waals surface area (Å²) in [4.78, 5) is 33.6. The number of carbonyl (C=O) groups is 2. The fourth-order valence-corrected chi connectivity index (χ4v) is 3.20. The van der Waals surface area contributed by atoms with Gasteiger partial charge in [0.25, 0.3) is 11.8 Å². The molecular weight excluding hydrogens is 332 g/mol. The highest BCUT2D eigenvalue weighted by Gasteiger charge is 2.24. The van der Waals surface area contributed by atoms with Crippen LogP contribution in [0.25, 0.3) is 0 Å². The summed E-state index contributed by atoms with van der Waals surface area (Å²) in [6, 6.07) is 5.08. The predicted octanol–water partition coefficient (Wildman–Crippen LogP) is 2.13. The lowest BCUT2D eigenvalue weighted by Gasteiger charge is -2.29. The molecule has 132 valence electrons. The van der Waals surface area contributed by atoms with Crippen LogP contribution in [0.3, 0.4) is 0 Å². The largest absolute Gasteiger partial charge is 0.459 e. The van der Waals surface area contributed by atoms with E-state index < -0.39 is 0 Å². The highest BCUT2D eigenvalue weighted by molar-refractivity contribution is 5.94. The number of hydrogen-bond donors (Lipinski definition) is 2. The number of hydrogen-bond acceptors (Lipinski definition) is 4. The number of nitrogens with one attached hydrogen (secondary N) is 2. The van der Waals surface area contributed by atoms with Crippen LogP contribution in [-0.2, 0) is 19.5 Å². The van der Waals surface area contributed by atoms with E-state index in [1.807, 2.05) is 4.90 Å². The second-order valence-corrected chi connectivity index (χ2v) is 6.17. The van der Waals surface area contributed by atoms with Crippen molar-refractivity contribution in [3.05, 3.63) is 77.3 Å². The van der Waals surface area contributed by atoms with E-state index in [9.17, 15) is 9.59 Å². The summed E-state index contributed by atoms with van der Waals surface area (Å²) in [7, 11) is 0. The van der Waals surface area contributed by atoms with Gasteiger partial charge >= 0.3 is 0 Å². The average Bonchev–Trinajstić information content (AvgIpc) is 3.39. The number of furan rings is 1. The molecule has 2 N–H and O–H groups in total. The van der Waals surface area contributed by atoms with E-state index in [1.54, 1.807) is 43.0 Å². The van der Waals surface area contributed by atoms with Crippen molar-refractivity contribution in [2.75, 3.05) is 6.54 Å². The summed E-state index contributed by atoms with van der Waals surface area (Å²) in [5, 5.41) is 2.85. The maximum absolute atomic E-state index is 12.5. The van der Waals surface area contributed by atoms with Gasteiger partial charge in [0.05, 0.1) is 11.8 Å². The van der Waals surface area contributed by atoms with E-state index >= 15 is 0 Å². The van der Waals surface area contributed by atoms with Crippen LogP contribution in [0.2, 0.25) is 0 Å². The van der Waals surface area contributed by atoms with Crippen molar-refractivity contribution >= 4 is 11.8 Å². The molecule has 0 radical (unpaired) electrons. The van der Waals surface area contributed by atoms with Gasteiger partial charge in [-0.1, -0.05) is 0 Å². The van der Waals surface area contributed by atoms with Crippen LogP contribution >= 0.6 is 0 Å². The molecule has 0 spiro atoms. The first-order valence-electron chi connectivity index (χ1n) is 8.41. The Kier molecular flexibility index (Phi) is 4.27. The van der Waals surface area contributed by atoms with Gasteiger partial charge < -0.3 is 19.6 Å². The molecule has 2 amide bonds. The second kappa shape index (κ2) is 6.87. The third kappa shape index (κ3) is 3.11. The van der Waals surface area contributed by atoms with Gasteiger partial charge in [0.2, 0.25) is 0 Å². The van der Waals surface area contributed by atoms with Crippen molar-refractivity contribution in [2.45, 2.75) is 19.5 Å². The second-order valence-electron chi connectivity index (χ2n) is 6.17. The molecule has 4 heterocycles. The standard InChI is InChI=1S/C19H18N4O3/c24-18(17-2-1-7-26-17)22-11-14-9-21-10-15-12-23(6-4-16(14)15)19(25)13-3-5-20-8-13/h1-3,5,7-10,20H,4,6,11-12H2,(H,22,24). The lowest BCUT2D eigenvalue weighted by molar-refractivity contribution is 0.0734. The van der Waals surface area contributed by atoms with Crippen molar-refractivity contribution in [3.8, 4) is 0 Å². The number of pyridine rings is 1. The molecule has 0 bridgehead atoms. The van der Waals surface area contributed by atoms with Gasteiger partial charge in [0.1, 0.15) is 0 Å². The normalized spacial score (nSPS) is 13.3. The molecule has 0 fully saturated rings. The molecule has 0 unspecified atom stereocenters. The number of aromatic amines is 1. The molecule has 7 nitrogen and oxygen atoms in total. The number of carbonyl (C=O) groups excluding carboxylic acids is 2. The summed E-state index contributed by atoms with van der Waals surface area (Å²) >= 11 is 0. The molecule has 4 rings (SSSR count). The lowest BCUT2D eigenvalue weighted by atomic mass is 9.96. The Balaban J connectivity index is 1.47. The van der Waals surface area contributed by atoms with Crippen LogP contribution < -0.4 is 5.32 Å². The fourth-order valence-electron chi connectivity index (χ4n) is 3.20. The van der Waals surface area contributed by atoms with Gasteiger partial charge in [-0.25, -0.2) is 0 Å². The average molecular weight is 350 g/mol. The van der Waals surface area contributed by atoms with Crippen LogP contribution in [0.15, 0.2) is 53.7 Å². The van der Waals surface area contributed by atoms with E-state index in [2.05, 4.69) is 15.3 Å². The number of fused-ring (bicyclic) bond motifs is 1. The smallest absolute Gasteiger partial charge is 0.287 e. The van der Waals surface area contributed by atoms with Gasteiger partial charge in [0, 0.05) is 44.4 Å². The minimum absolute atomic E-state index is 0.00780. The molecule has 0 aliphatic carbocycles. The monoisotopic (exact) mass is 350 g/mol. The van der Waals surface area contributed by atoms with Crippen molar-refractivity contribution in [3.63, 3.8) is 0 Å². The van der Waals surface area contributed by atoms with E-state index in [1.165, 1.54) is 6.26 Å². The highest BCUT2D eigenvalue weighted by atomic mass is 16.3. The molecule has 7 heteroatoms. The maximum Gasteiger partial charge on any atom is 0.287 e. The third-order valence-corrected chi connectivity index (χ3v) is 4.55. The van der Waals surface area contributed by atoms with Crippen molar-refractivity contribution in [1.29, 1.82) is 0 Å². The van der Waals surface area contributed by atoms with Gasteiger partial charge in [-0.05, 0) is 41.3 Å². The van der Waals surface area contributed by atoms with Crippen LogP contribution in [0.1, 0.15) is 37.6 Å². The SMILES string of the molecule is O=C(NCc1cncc2c1CCN(C(=O)c1cc[nH]c1)C2)c1ccco1. The third-order valence-electron chi connectivity index (χ3n) is 4.55. The Bertz CT molecular complexity index is 902. The van der Waals surface area contributed by atoms with Crippen molar-refractivity contribution in [2.24, 2.45) is 0 Å². The van der Waals surface area contributed by atoms with Gasteiger partial charge in [-0.3, -0.25) is 14.6 Å². The Labute approximate surface area is 150 Å². The molecule has 0 saturated carbocycles. The Morgan fingerprint density at radius 3 is 3.00 bits per heavy atom. The number of H-pyrrole nitrogens is 1. The molecule has 0 aromatic carbocycles. The zero-order chi connectivity index (χ0) is 17.9. The zero-order valence-electron chi connectivity index (χ0n) is 14.1. The van der Waals surface area contributed by atoms with Gasteiger partial charge in [-0.2, -0.15) is 0 Å². The van der Waals surface area contributed by atoms with Crippen molar-refractivity contribution < 1.29 is 14.0 Å². The molecule has 0 saturated heterocycles. The molecular formula is C19H18N4O3. The minimum atomic E-state index is -0.257. The number of aromatic nitrogens is 2. The molecule has 3 aromatic heterocycles. The topological polar surface area (TPSA) is 91.2 Å². The highest BCUT2D eigenvalue weighted by Crippen LogP contribution is 2.23.